The summed E-state index contributed by atoms with van der Waals surface area (Å²) in [4.78, 5) is 13.3. The summed E-state index contributed by atoms with van der Waals surface area (Å²) in [6.45, 7) is 8.32. The van der Waals surface area contributed by atoms with Crippen LogP contribution < -0.4 is 4.74 Å². The average molecular weight is 277 g/mol. The standard InChI is InChI=1S/C16H23NO3/c1-16(2)7-4-8-17(12-16)9-10-20-14-6-3-5-13(11-14)15(18)19/h3,5-6,11H,4,7-10,12H2,1-2H3,(H,18,19). The van der Waals surface area contributed by atoms with Gasteiger partial charge in [0.05, 0.1) is 5.56 Å². The Labute approximate surface area is 120 Å². The molecule has 2 rings (SSSR count). The third-order valence-corrected chi connectivity index (χ3v) is 3.74. The van der Waals surface area contributed by atoms with Gasteiger partial charge in [-0.05, 0) is 43.0 Å². The van der Waals surface area contributed by atoms with Crippen LogP contribution in [-0.4, -0.2) is 42.2 Å². The fraction of sp³-hybridized carbons (Fsp3) is 0.562. The fourth-order valence-corrected chi connectivity index (χ4v) is 2.75. The van der Waals surface area contributed by atoms with Crippen LogP contribution in [0.15, 0.2) is 24.3 Å². The van der Waals surface area contributed by atoms with Crippen molar-refractivity contribution < 1.29 is 14.6 Å². The summed E-state index contributed by atoms with van der Waals surface area (Å²) < 4.78 is 5.66. The van der Waals surface area contributed by atoms with E-state index in [0.717, 1.165) is 19.6 Å². The molecule has 0 unspecified atom stereocenters. The highest BCUT2D eigenvalue weighted by Gasteiger charge is 2.25. The lowest BCUT2D eigenvalue weighted by atomic mass is 9.84. The van der Waals surface area contributed by atoms with Crippen LogP contribution in [0.3, 0.4) is 0 Å². The summed E-state index contributed by atoms with van der Waals surface area (Å²) in [5.41, 5.74) is 0.656. The Balaban J connectivity index is 1.81. The van der Waals surface area contributed by atoms with Crippen LogP contribution in [-0.2, 0) is 0 Å². The van der Waals surface area contributed by atoms with Gasteiger partial charge < -0.3 is 9.84 Å². The normalized spacial score (nSPS) is 18.7. The van der Waals surface area contributed by atoms with Crippen molar-refractivity contribution in [1.82, 2.24) is 4.90 Å². The number of hydrogen-bond donors (Lipinski definition) is 1. The molecule has 0 saturated carbocycles. The number of carboxylic acids is 1. The quantitative estimate of drug-likeness (QED) is 0.899. The van der Waals surface area contributed by atoms with Gasteiger partial charge in [-0.25, -0.2) is 4.79 Å². The number of carboxylic acid groups (broad SMARTS) is 1. The number of aromatic carboxylic acids is 1. The van der Waals surface area contributed by atoms with Crippen molar-refractivity contribution in [1.29, 1.82) is 0 Å². The Bertz CT molecular complexity index is 471. The number of hydrogen-bond acceptors (Lipinski definition) is 3. The summed E-state index contributed by atoms with van der Waals surface area (Å²) in [7, 11) is 0. The predicted molar refractivity (Wildman–Crippen MR) is 78.4 cm³/mol. The maximum absolute atomic E-state index is 10.9. The summed E-state index contributed by atoms with van der Waals surface area (Å²) in [5, 5.41) is 8.93. The zero-order valence-electron chi connectivity index (χ0n) is 12.3. The van der Waals surface area contributed by atoms with Crippen molar-refractivity contribution in [3.8, 4) is 5.75 Å². The molecule has 0 aliphatic carbocycles. The Hall–Kier alpha value is -1.55. The van der Waals surface area contributed by atoms with Gasteiger partial charge in [-0.3, -0.25) is 4.90 Å². The van der Waals surface area contributed by atoms with Crippen LogP contribution >= 0.6 is 0 Å². The van der Waals surface area contributed by atoms with E-state index >= 15 is 0 Å². The lowest BCUT2D eigenvalue weighted by molar-refractivity contribution is 0.0696. The monoisotopic (exact) mass is 277 g/mol. The number of nitrogens with zero attached hydrogens (tertiary/aromatic N) is 1. The molecule has 1 aromatic carbocycles. The van der Waals surface area contributed by atoms with E-state index in [4.69, 9.17) is 9.84 Å². The highest BCUT2D eigenvalue weighted by Crippen LogP contribution is 2.28. The number of piperidine rings is 1. The van der Waals surface area contributed by atoms with E-state index in [1.807, 2.05) is 0 Å². The third kappa shape index (κ3) is 4.23. The number of benzene rings is 1. The molecule has 0 spiro atoms. The van der Waals surface area contributed by atoms with Gasteiger partial charge in [0.1, 0.15) is 12.4 Å². The van der Waals surface area contributed by atoms with Crippen molar-refractivity contribution >= 4 is 5.97 Å². The molecule has 1 saturated heterocycles. The molecule has 0 atom stereocenters. The van der Waals surface area contributed by atoms with Crippen LogP contribution in [0.25, 0.3) is 0 Å². The first kappa shape index (κ1) is 14.9. The molecule has 1 aliphatic rings. The lowest BCUT2D eigenvalue weighted by Crippen LogP contribution is -2.41. The van der Waals surface area contributed by atoms with Crippen molar-refractivity contribution in [3.05, 3.63) is 29.8 Å². The first-order valence-electron chi connectivity index (χ1n) is 7.15. The summed E-state index contributed by atoms with van der Waals surface area (Å²) >= 11 is 0. The van der Waals surface area contributed by atoms with Crippen molar-refractivity contribution in [2.75, 3.05) is 26.2 Å². The minimum atomic E-state index is -0.923. The van der Waals surface area contributed by atoms with Gasteiger partial charge in [-0.15, -0.1) is 0 Å². The van der Waals surface area contributed by atoms with E-state index in [1.165, 1.54) is 12.8 Å². The van der Waals surface area contributed by atoms with Crippen LogP contribution in [0.2, 0.25) is 0 Å². The van der Waals surface area contributed by atoms with E-state index < -0.39 is 5.97 Å². The van der Waals surface area contributed by atoms with E-state index in [9.17, 15) is 4.79 Å². The van der Waals surface area contributed by atoms with Crippen LogP contribution in [0.4, 0.5) is 0 Å². The fourth-order valence-electron chi connectivity index (χ4n) is 2.75. The molecule has 4 heteroatoms. The Morgan fingerprint density at radius 2 is 2.25 bits per heavy atom. The highest BCUT2D eigenvalue weighted by atomic mass is 16.5. The molecule has 0 amide bonds. The number of rotatable bonds is 5. The molecular formula is C16H23NO3. The van der Waals surface area contributed by atoms with E-state index in [2.05, 4.69) is 18.7 Å². The molecule has 0 bridgehead atoms. The number of likely N-dealkylation sites (tertiary alicyclic amines) is 1. The lowest BCUT2D eigenvalue weighted by Gasteiger charge is -2.37. The topological polar surface area (TPSA) is 49.8 Å². The van der Waals surface area contributed by atoms with Gasteiger partial charge in [0.2, 0.25) is 0 Å². The molecule has 4 nitrogen and oxygen atoms in total. The van der Waals surface area contributed by atoms with Crippen molar-refractivity contribution in [3.63, 3.8) is 0 Å². The second-order valence-corrected chi connectivity index (χ2v) is 6.23. The first-order chi connectivity index (χ1) is 9.46. The van der Waals surface area contributed by atoms with Gasteiger partial charge in [-0.1, -0.05) is 19.9 Å². The molecule has 1 heterocycles. The van der Waals surface area contributed by atoms with Gasteiger partial charge >= 0.3 is 5.97 Å². The number of ether oxygens (including phenoxy) is 1. The maximum Gasteiger partial charge on any atom is 0.335 e. The average Bonchev–Trinajstić information content (AvgIpc) is 2.38. The van der Waals surface area contributed by atoms with Crippen molar-refractivity contribution in [2.45, 2.75) is 26.7 Å². The molecule has 0 aromatic heterocycles. The van der Waals surface area contributed by atoms with Gasteiger partial charge in [-0.2, -0.15) is 0 Å². The first-order valence-corrected chi connectivity index (χ1v) is 7.15. The smallest absolute Gasteiger partial charge is 0.335 e. The molecule has 1 aromatic rings. The van der Waals surface area contributed by atoms with Crippen molar-refractivity contribution in [2.24, 2.45) is 5.41 Å². The van der Waals surface area contributed by atoms with Gasteiger partial charge in [0.25, 0.3) is 0 Å². The molecule has 20 heavy (non-hydrogen) atoms. The Morgan fingerprint density at radius 3 is 2.95 bits per heavy atom. The summed E-state index contributed by atoms with van der Waals surface area (Å²) in [5.74, 6) is -0.297. The molecule has 0 radical (unpaired) electrons. The molecular weight excluding hydrogens is 254 g/mol. The van der Waals surface area contributed by atoms with Gasteiger partial charge in [0, 0.05) is 13.1 Å². The second-order valence-electron chi connectivity index (χ2n) is 6.23. The van der Waals surface area contributed by atoms with E-state index in [-0.39, 0.29) is 5.56 Å². The van der Waals surface area contributed by atoms with Crippen LogP contribution in [0.1, 0.15) is 37.0 Å². The minimum absolute atomic E-state index is 0.265. The molecule has 1 fully saturated rings. The molecule has 1 aliphatic heterocycles. The third-order valence-electron chi connectivity index (χ3n) is 3.74. The number of carbonyl (C=O) groups is 1. The predicted octanol–water partition coefficient (Wildman–Crippen LogP) is 2.89. The van der Waals surface area contributed by atoms with Gasteiger partial charge in [0.15, 0.2) is 0 Å². The largest absolute Gasteiger partial charge is 0.492 e. The Kier molecular flexibility index (Phi) is 4.65. The van der Waals surface area contributed by atoms with E-state index in [0.29, 0.717) is 17.8 Å². The zero-order valence-corrected chi connectivity index (χ0v) is 12.3. The molecule has 1 N–H and O–H groups in total. The second kappa shape index (κ2) is 6.27. The van der Waals surface area contributed by atoms with E-state index in [1.54, 1.807) is 24.3 Å². The summed E-state index contributed by atoms with van der Waals surface area (Å²) in [6.07, 6.45) is 2.52. The highest BCUT2D eigenvalue weighted by molar-refractivity contribution is 5.87. The maximum atomic E-state index is 10.9. The SMILES string of the molecule is CC1(C)CCCN(CCOc2cccc(C(=O)O)c2)C1. The summed E-state index contributed by atoms with van der Waals surface area (Å²) in [6, 6.07) is 6.65. The Morgan fingerprint density at radius 1 is 1.45 bits per heavy atom. The van der Waals surface area contributed by atoms with Crippen LogP contribution in [0.5, 0.6) is 5.75 Å². The molecule has 110 valence electrons. The minimum Gasteiger partial charge on any atom is -0.492 e. The zero-order chi connectivity index (χ0) is 14.6. The van der Waals surface area contributed by atoms with Crippen LogP contribution in [0, 0.1) is 5.41 Å².